The lowest BCUT2D eigenvalue weighted by molar-refractivity contribution is -0.136. The summed E-state index contributed by atoms with van der Waals surface area (Å²) in [6.45, 7) is 0. The van der Waals surface area contributed by atoms with Crippen LogP contribution in [0, 0.1) is 0 Å². The molecule has 0 aromatic heterocycles. The van der Waals surface area contributed by atoms with Gasteiger partial charge in [0.05, 0.1) is 0 Å². The zero-order chi connectivity index (χ0) is 13.9. The van der Waals surface area contributed by atoms with Crippen LogP contribution in [0.4, 0.5) is 0 Å². The van der Waals surface area contributed by atoms with Gasteiger partial charge in [-0.15, -0.1) is 0 Å². The third-order valence-electron chi connectivity index (χ3n) is 4.41. The number of nitrogens with zero attached hydrogens (tertiary/aromatic N) is 1. The summed E-state index contributed by atoms with van der Waals surface area (Å²) < 4.78 is -0.790. The Morgan fingerprint density at radius 2 is 1.16 bits per heavy atom. The predicted molar refractivity (Wildman–Crippen MR) is 90.1 cm³/mol. The molecule has 0 bridgehead atoms. The van der Waals surface area contributed by atoms with Crippen molar-refractivity contribution in [1.82, 2.24) is 4.90 Å². The highest BCUT2D eigenvalue weighted by atomic mass is 80.0. The zero-order valence-electron chi connectivity index (χ0n) is 11.2. The Labute approximate surface area is 141 Å². The number of hydrogen-bond acceptors (Lipinski definition) is 1. The van der Waals surface area contributed by atoms with Gasteiger partial charge < -0.3 is 4.90 Å². The Hall–Kier alpha value is 0.910. The van der Waals surface area contributed by atoms with Gasteiger partial charge in [-0.05, 0) is 73.5 Å². The summed E-state index contributed by atoms with van der Waals surface area (Å²) in [6.07, 6.45) is 12.4. The smallest absolute Gasteiger partial charge is 0.261 e. The maximum atomic E-state index is 12.7. The van der Waals surface area contributed by atoms with Crippen molar-refractivity contribution < 1.29 is 4.79 Å². The van der Waals surface area contributed by atoms with Gasteiger partial charge in [0, 0.05) is 12.1 Å². The molecule has 0 N–H and O–H groups in total. The standard InChI is InChI=1S/C14H22Br3NO/c15-14(16,17)13(19)18(11-7-3-1-4-8-11)12-9-5-2-6-10-12/h11-12H,1-10H2. The molecule has 2 saturated carbocycles. The fourth-order valence-electron chi connectivity index (χ4n) is 3.49. The predicted octanol–water partition coefficient (Wildman–Crippen LogP) is 5.32. The first-order valence-electron chi connectivity index (χ1n) is 7.39. The molecule has 19 heavy (non-hydrogen) atoms. The topological polar surface area (TPSA) is 20.3 Å². The van der Waals surface area contributed by atoms with E-state index in [0.717, 1.165) is 0 Å². The summed E-state index contributed by atoms with van der Waals surface area (Å²) in [5.41, 5.74) is 0. The Kier molecular flexibility index (Phi) is 6.22. The Morgan fingerprint density at radius 3 is 1.47 bits per heavy atom. The van der Waals surface area contributed by atoms with Crippen molar-refractivity contribution >= 4 is 53.7 Å². The minimum atomic E-state index is -0.790. The lowest BCUT2D eigenvalue weighted by atomic mass is 9.88. The van der Waals surface area contributed by atoms with Gasteiger partial charge in [0.1, 0.15) is 0 Å². The van der Waals surface area contributed by atoms with Crippen molar-refractivity contribution in [3.05, 3.63) is 0 Å². The van der Waals surface area contributed by atoms with Gasteiger partial charge in [-0.2, -0.15) is 0 Å². The van der Waals surface area contributed by atoms with Crippen molar-refractivity contribution in [3.63, 3.8) is 0 Å². The number of carbonyl (C=O) groups is 1. The highest BCUT2D eigenvalue weighted by Crippen LogP contribution is 2.40. The molecule has 2 rings (SSSR count). The van der Waals surface area contributed by atoms with Crippen LogP contribution in [0.2, 0.25) is 0 Å². The van der Waals surface area contributed by atoms with E-state index in [1.54, 1.807) is 0 Å². The highest BCUT2D eigenvalue weighted by Gasteiger charge is 2.40. The molecule has 0 atom stereocenters. The van der Waals surface area contributed by atoms with Crippen LogP contribution in [0.25, 0.3) is 0 Å². The molecule has 2 fully saturated rings. The monoisotopic (exact) mass is 457 g/mol. The molecule has 0 unspecified atom stereocenters. The maximum absolute atomic E-state index is 12.7. The van der Waals surface area contributed by atoms with E-state index in [1.165, 1.54) is 64.2 Å². The van der Waals surface area contributed by atoms with E-state index in [2.05, 4.69) is 52.7 Å². The number of halogens is 3. The summed E-state index contributed by atoms with van der Waals surface area (Å²) in [5.74, 6) is 0.145. The summed E-state index contributed by atoms with van der Waals surface area (Å²) in [7, 11) is 0. The average Bonchev–Trinajstić information content (AvgIpc) is 2.40. The Morgan fingerprint density at radius 1 is 0.789 bits per heavy atom. The number of carbonyl (C=O) groups excluding carboxylic acids is 1. The lowest BCUT2D eigenvalue weighted by Gasteiger charge is -2.43. The molecule has 110 valence electrons. The van der Waals surface area contributed by atoms with Crippen molar-refractivity contribution in [3.8, 4) is 0 Å². The number of rotatable bonds is 2. The average molecular weight is 460 g/mol. The van der Waals surface area contributed by atoms with E-state index < -0.39 is 2.14 Å². The second-order valence-electron chi connectivity index (χ2n) is 5.79. The second-order valence-corrected chi connectivity index (χ2v) is 12.6. The van der Waals surface area contributed by atoms with E-state index in [4.69, 9.17) is 0 Å². The van der Waals surface area contributed by atoms with Gasteiger partial charge in [-0.25, -0.2) is 0 Å². The Bertz CT molecular complexity index is 286. The van der Waals surface area contributed by atoms with Crippen molar-refractivity contribution in [1.29, 1.82) is 0 Å². The second kappa shape index (κ2) is 7.26. The summed E-state index contributed by atoms with van der Waals surface area (Å²) >= 11 is 10.3. The fraction of sp³-hybridized carbons (Fsp3) is 0.929. The van der Waals surface area contributed by atoms with E-state index in [1.807, 2.05) is 0 Å². The highest BCUT2D eigenvalue weighted by molar-refractivity contribution is 9.40. The minimum Gasteiger partial charge on any atom is -0.334 e. The SMILES string of the molecule is O=C(N(C1CCCCC1)C1CCCCC1)C(Br)(Br)Br. The molecule has 0 aromatic rings. The van der Waals surface area contributed by atoms with Gasteiger partial charge >= 0.3 is 0 Å². The molecule has 1 amide bonds. The molecule has 2 aliphatic rings. The normalized spacial score (nSPS) is 23.3. The largest absolute Gasteiger partial charge is 0.334 e. The molecule has 0 radical (unpaired) electrons. The molecule has 0 aliphatic heterocycles. The summed E-state index contributed by atoms with van der Waals surface area (Å²) in [4.78, 5) is 14.9. The van der Waals surface area contributed by atoms with Crippen molar-refractivity contribution in [2.45, 2.75) is 78.4 Å². The number of hydrogen-bond donors (Lipinski definition) is 0. The van der Waals surface area contributed by atoms with E-state index in [9.17, 15) is 4.79 Å². The van der Waals surface area contributed by atoms with Crippen LogP contribution in [0.15, 0.2) is 0 Å². The number of amides is 1. The van der Waals surface area contributed by atoms with Crippen LogP contribution >= 0.6 is 47.8 Å². The molecular formula is C14H22Br3NO. The van der Waals surface area contributed by atoms with E-state index in [-0.39, 0.29) is 5.91 Å². The van der Waals surface area contributed by atoms with Crippen LogP contribution in [0.3, 0.4) is 0 Å². The zero-order valence-corrected chi connectivity index (χ0v) is 16.0. The maximum Gasteiger partial charge on any atom is 0.261 e. The molecule has 2 aliphatic carbocycles. The molecule has 5 heteroatoms. The van der Waals surface area contributed by atoms with Gasteiger partial charge in [-0.1, -0.05) is 38.5 Å². The van der Waals surface area contributed by atoms with Crippen molar-refractivity contribution in [2.75, 3.05) is 0 Å². The van der Waals surface area contributed by atoms with Gasteiger partial charge in [-0.3, -0.25) is 4.79 Å². The first-order chi connectivity index (χ1) is 9.00. The molecular weight excluding hydrogens is 438 g/mol. The lowest BCUT2D eigenvalue weighted by Crippen LogP contribution is -2.52. The van der Waals surface area contributed by atoms with Crippen molar-refractivity contribution in [2.24, 2.45) is 0 Å². The first-order valence-corrected chi connectivity index (χ1v) is 9.77. The van der Waals surface area contributed by atoms with Gasteiger partial charge in [0.25, 0.3) is 5.91 Å². The van der Waals surface area contributed by atoms with Crippen LogP contribution in [-0.2, 0) is 4.79 Å². The summed E-state index contributed by atoms with van der Waals surface area (Å²) in [6, 6.07) is 0.882. The third kappa shape index (κ3) is 4.44. The van der Waals surface area contributed by atoms with Crippen LogP contribution in [0.1, 0.15) is 64.2 Å². The van der Waals surface area contributed by atoms with E-state index >= 15 is 0 Å². The first kappa shape index (κ1) is 16.3. The fourth-order valence-corrected chi connectivity index (χ4v) is 4.11. The minimum absolute atomic E-state index is 0.145. The number of alkyl halides is 3. The third-order valence-corrected chi connectivity index (χ3v) is 5.43. The summed E-state index contributed by atoms with van der Waals surface area (Å²) in [5, 5.41) is 0. The molecule has 0 aromatic carbocycles. The van der Waals surface area contributed by atoms with Gasteiger partial charge in [0.2, 0.25) is 2.14 Å². The quantitative estimate of drug-likeness (QED) is 0.512. The van der Waals surface area contributed by atoms with Crippen LogP contribution < -0.4 is 0 Å². The van der Waals surface area contributed by atoms with Gasteiger partial charge in [0.15, 0.2) is 0 Å². The molecule has 0 spiro atoms. The Balaban J connectivity index is 2.13. The molecule has 0 heterocycles. The molecule has 2 nitrogen and oxygen atoms in total. The van der Waals surface area contributed by atoms with Crippen LogP contribution in [0.5, 0.6) is 0 Å². The molecule has 0 saturated heterocycles. The van der Waals surface area contributed by atoms with E-state index in [0.29, 0.717) is 12.1 Å². The van der Waals surface area contributed by atoms with Crippen LogP contribution in [-0.4, -0.2) is 25.0 Å².